The third-order valence-electron chi connectivity index (χ3n) is 1.86. The zero-order valence-electron chi connectivity index (χ0n) is 7.52. The number of benzene rings is 1. The first-order valence-corrected chi connectivity index (χ1v) is 5.14. The Hall–Kier alpha value is -1.20. The average molecular weight is 213 g/mol. The summed E-state index contributed by atoms with van der Waals surface area (Å²) >= 11 is -2.14. The number of carboxylic acids is 1. The predicted molar refractivity (Wildman–Crippen MR) is 50.8 cm³/mol. The molecule has 1 atom stereocenters. The molecule has 76 valence electrons. The van der Waals surface area contributed by atoms with E-state index in [1.54, 1.807) is 6.92 Å². The van der Waals surface area contributed by atoms with E-state index in [0.29, 0.717) is 11.1 Å². The van der Waals surface area contributed by atoms with Crippen molar-refractivity contribution in [3.8, 4) is 0 Å². The van der Waals surface area contributed by atoms with Crippen molar-refractivity contribution >= 4 is 17.0 Å². The van der Waals surface area contributed by atoms with Crippen molar-refractivity contribution in [3.63, 3.8) is 0 Å². The summed E-state index contributed by atoms with van der Waals surface area (Å²) in [5.41, 5.74) is 1.47. The third-order valence-corrected chi connectivity index (χ3v) is 2.41. The molecular weight excluding hydrogens is 204 g/mol. The van der Waals surface area contributed by atoms with Crippen molar-refractivity contribution in [2.45, 2.75) is 12.7 Å². The SMILES string of the molecule is Cc1cc(C(=O)O)ccc1CS(=O)[O-]. The van der Waals surface area contributed by atoms with Crippen LogP contribution in [0.1, 0.15) is 21.5 Å². The molecule has 0 aliphatic rings. The van der Waals surface area contributed by atoms with E-state index in [1.165, 1.54) is 18.2 Å². The Labute approximate surface area is 83.9 Å². The molecule has 14 heavy (non-hydrogen) atoms. The first-order valence-electron chi connectivity index (χ1n) is 3.89. The van der Waals surface area contributed by atoms with Crippen LogP contribution in [0.25, 0.3) is 0 Å². The lowest BCUT2D eigenvalue weighted by Gasteiger charge is -2.08. The van der Waals surface area contributed by atoms with E-state index in [9.17, 15) is 13.6 Å². The van der Waals surface area contributed by atoms with Gasteiger partial charge in [-0.3, -0.25) is 4.21 Å². The molecule has 1 N–H and O–H groups in total. The summed E-state index contributed by atoms with van der Waals surface area (Å²) in [6, 6.07) is 4.39. The van der Waals surface area contributed by atoms with Gasteiger partial charge in [-0.05, 0) is 30.2 Å². The number of carboxylic acid groups (broad SMARTS) is 1. The van der Waals surface area contributed by atoms with E-state index in [2.05, 4.69) is 0 Å². The Kier molecular flexibility index (Phi) is 3.38. The lowest BCUT2D eigenvalue weighted by Crippen LogP contribution is -2.00. The highest BCUT2D eigenvalue weighted by atomic mass is 32.2. The van der Waals surface area contributed by atoms with Gasteiger partial charge in [-0.25, -0.2) is 4.79 Å². The first-order chi connectivity index (χ1) is 6.50. The summed E-state index contributed by atoms with van der Waals surface area (Å²) in [4.78, 5) is 10.6. The van der Waals surface area contributed by atoms with Gasteiger partial charge in [-0.15, -0.1) is 0 Å². The van der Waals surface area contributed by atoms with Gasteiger partial charge in [-0.1, -0.05) is 17.1 Å². The smallest absolute Gasteiger partial charge is 0.335 e. The average Bonchev–Trinajstić information content (AvgIpc) is 2.07. The Bertz CT molecular complexity index is 386. The minimum absolute atomic E-state index is 0.0776. The monoisotopic (exact) mass is 213 g/mol. The number of hydrogen-bond acceptors (Lipinski definition) is 3. The molecule has 0 spiro atoms. The third kappa shape index (κ3) is 2.65. The van der Waals surface area contributed by atoms with Crippen LogP contribution >= 0.6 is 0 Å². The van der Waals surface area contributed by atoms with Crippen LogP contribution in [0.2, 0.25) is 0 Å². The van der Waals surface area contributed by atoms with Gasteiger partial charge in [0.2, 0.25) is 0 Å². The second kappa shape index (κ2) is 4.34. The number of rotatable bonds is 3. The molecule has 0 aromatic heterocycles. The van der Waals surface area contributed by atoms with Gasteiger partial charge in [-0.2, -0.15) is 0 Å². The van der Waals surface area contributed by atoms with Crippen molar-refractivity contribution in [2.75, 3.05) is 0 Å². The molecule has 1 unspecified atom stereocenters. The molecule has 0 radical (unpaired) electrons. The van der Waals surface area contributed by atoms with E-state index >= 15 is 0 Å². The maximum absolute atomic E-state index is 10.6. The zero-order valence-corrected chi connectivity index (χ0v) is 8.34. The van der Waals surface area contributed by atoms with E-state index in [4.69, 9.17) is 5.11 Å². The fourth-order valence-electron chi connectivity index (χ4n) is 1.12. The summed E-state index contributed by atoms with van der Waals surface area (Å²) in [5, 5.41) is 8.66. The molecule has 4 nitrogen and oxygen atoms in total. The Morgan fingerprint density at radius 3 is 2.64 bits per heavy atom. The molecule has 0 saturated carbocycles. The van der Waals surface area contributed by atoms with Crippen molar-refractivity contribution in [3.05, 3.63) is 34.9 Å². The molecule has 0 heterocycles. The lowest BCUT2D eigenvalue weighted by atomic mass is 10.1. The standard InChI is InChI=1S/C9H10O4S/c1-6-4-7(9(10)11)2-3-8(6)5-14(12)13/h2-4H,5H2,1H3,(H,10,11)(H,12,13)/p-1. The topological polar surface area (TPSA) is 77.4 Å². The maximum atomic E-state index is 10.6. The molecule has 1 aromatic carbocycles. The van der Waals surface area contributed by atoms with Gasteiger partial charge in [0, 0.05) is 5.75 Å². The van der Waals surface area contributed by atoms with Crippen LogP contribution < -0.4 is 0 Å². The number of hydrogen-bond donors (Lipinski definition) is 1. The van der Waals surface area contributed by atoms with Crippen molar-refractivity contribution < 1.29 is 18.7 Å². The van der Waals surface area contributed by atoms with Crippen LogP contribution in [-0.4, -0.2) is 19.8 Å². The number of carbonyl (C=O) groups is 1. The fraction of sp³-hybridized carbons (Fsp3) is 0.222. The highest BCUT2D eigenvalue weighted by molar-refractivity contribution is 7.78. The van der Waals surface area contributed by atoms with Crippen LogP contribution in [0.5, 0.6) is 0 Å². The summed E-state index contributed by atoms with van der Waals surface area (Å²) in [7, 11) is 0. The molecule has 1 aromatic rings. The van der Waals surface area contributed by atoms with Crippen LogP contribution in [0, 0.1) is 6.92 Å². The lowest BCUT2D eigenvalue weighted by molar-refractivity contribution is 0.0697. The molecular formula is C9H9O4S-. The largest absolute Gasteiger partial charge is 0.772 e. The van der Waals surface area contributed by atoms with Crippen LogP contribution in [0.15, 0.2) is 18.2 Å². The van der Waals surface area contributed by atoms with E-state index < -0.39 is 17.0 Å². The second-order valence-corrected chi connectivity index (χ2v) is 3.79. The van der Waals surface area contributed by atoms with E-state index in [-0.39, 0.29) is 11.3 Å². The second-order valence-electron chi connectivity index (χ2n) is 2.89. The number of aryl methyl sites for hydroxylation is 1. The minimum atomic E-state index is -2.14. The van der Waals surface area contributed by atoms with Gasteiger partial charge < -0.3 is 9.66 Å². The van der Waals surface area contributed by atoms with Gasteiger partial charge in [0.15, 0.2) is 0 Å². The molecule has 0 fully saturated rings. The molecule has 0 aliphatic heterocycles. The van der Waals surface area contributed by atoms with Crippen molar-refractivity contribution in [1.82, 2.24) is 0 Å². The molecule has 0 aliphatic carbocycles. The van der Waals surface area contributed by atoms with Crippen molar-refractivity contribution in [1.29, 1.82) is 0 Å². The van der Waals surface area contributed by atoms with Gasteiger partial charge >= 0.3 is 5.97 Å². The quantitative estimate of drug-likeness (QED) is 0.762. The van der Waals surface area contributed by atoms with E-state index in [1.807, 2.05) is 0 Å². The maximum Gasteiger partial charge on any atom is 0.335 e. The number of aromatic carboxylic acids is 1. The first kappa shape index (κ1) is 10.9. The van der Waals surface area contributed by atoms with Gasteiger partial charge in [0.1, 0.15) is 0 Å². The molecule has 0 saturated heterocycles. The highest BCUT2D eigenvalue weighted by Gasteiger charge is 2.05. The van der Waals surface area contributed by atoms with Crippen LogP contribution in [0.4, 0.5) is 0 Å². The van der Waals surface area contributed by atoms with E-state index in [0.717, 1.165) is 0 Å². The van der Waals surface area contributed by atoms with Crippen LogP contribution in [0.3, 0.4) is 0 Å². The van der Waals surface area contributed by atoms with Gasteiger partial charge in [0.25, 0.3) is 0 Å². The molecule has 0 amide bonds. The Morgan fingerprint density at radius 2 is 2.21 bits per heavy atom. The Balaban J connectivity index is 3.01. The summed E-state index contributed by atoms with van der Waals surface area (Å²) in [6.07, 6.45) is 0. The summed E-state index contributed by atoms with van der Waals surface area (Å²) in [5.74, 6) is -1.09. The minimum Gasteiger partial charge on any atom is -0.772 e. The zero-order chi connectivity index (χ0) is 10.7. The predicted octanol–water partition coefficient (Wildman–Crippen LogP) is 1.07. The highest BCUT2D eigenvalue weighted by Crippen LogP contribution is 2.12. The normalized spacial score (nSPS) is 12.4. The molecule has 5 heteroatoms. The molecule has 1 rings (SSSR count). The summed E-state index contributed by atoms with van der Waals surface area (Å²) in [6.45, 7) is 1.69. The Morgan fingerprint density at radius 1 is 1.57 bits per heavy atom. The summed E-state index contributed by atoms with van der Waals surface area (Å²) < 4.78 is 20.8. The van der Waals surface area contributed by atoms with Crippen molar-refractivity contribution in [2.24, 2.45) is 0 Å². The molecule has 0 bridgehead atoms. The van der Waals surface area contributed by atoms with Gasteiger partial charge in [0.05, 0.1) is 5.56 Å². The fourth-order valence-corrected chi connectivity index (χ4v) is 1.70. The van der Waals surface area contributed by atoms with Crippen LogP contribution in [-0.2, 0) is 16.8 Å².